The molecule has 0 aliphatic carbocycles. The van der Waals surface area contributed by atoms with E-state index >= 15 is 0 Å². The van der Waals surface area contributed by atoms with Crippen LogP contribution in [-0.2, 0) is 13.1 Å². The number of anilines is 1. The van der Waals surface area contributed by atoms with Crippen molar-refractivity contribution in [2.45, 2.75) is 26.9 Å². The Balaban J connectivity index is 2.13. The van der Waals surface area contributed by atoms with Crippen molar-refractivity contribution in [3.63, 3.8) is 0 Å². The highest BCUT2D eigenvalue weighted by atomic mass is 15.3. The molecular formula is C13H16N6. The number of rotatable bonds is 3. The van der Waals surface area contributed by atoms with Crippen LogP contribution in [0.25, 0.3) is 11.0 Å². The minimum Gasteiger partial charge on any atom is -0.369 e. The summed E-state index contributed by atoms with van der Waals surface area (Å²) in [6.07, 6.45) is 1.73. The van der Waals surface area contributed by atoms with E-state index in [0.29, 0.717) is 12.5 Å². The van der Waals surface area contributed by atoms with Crippen LogP contribution in [0.2, 0.25) is 0 Å². The number of benzene rings is 1. The molecule has 2 aromatic heterocycles. The number of para-hydroxylation sites is 1. The molecule has 6 nitrogen and oxygen atoms in total. The van der Waals surface area contributed by atoms with Gasteiger partial charge in [0.05, 0.1) is 17.6 Å². The molecule has 0 aliphatic heterocycles. The third-order valence-electron chi connectivity index (χ3n) is 3.33. The highest BCUT2D eigenvalue weighted by Gasteiger charge is 2.13. The van der Waals surface area contributed by atoms with Crippen LogP contribution in [0.5, 0.6) is 0 Å². The average Bonchev–Trinajstić information content (AvgIpc) is 2.96. The highest BCUT2D eigenvalue weighted by molar-refractivity contribution is 5.81. The standard InChI is InChI=1S/C13H16N6/c1-3-18-8-15-17-11(18)7-19-12-9(2)5-4-6-10(12)16-13(19)14/h4-6,8H,3,7H2,1-2H3,(H2,14,16). The maximum atomic E-state index is 6.02. The van der Waals surface area contributed by atoms with Gasteiger partial charge in [0, 0.05) is 6.54 Å². The number of imidazole rings is 1. The second kappa shape index (κ2) is 4.38. The zero-order valence-corrected chi connectivity index (χ0v) is 11.0. The fourth-order valence-corrected chi connectivity index (χ4v) is 2.35. The molecule has 3 rings (SSSR count). The van der Waals surface area contributed by atoms with Crippen LogP contribution in [0.3, 0.4) is 0 Å². The molecule has 0 saturated heterocycles. The van der Waals surface area contributed by atoms with Gasteiger partial charge in [-0.3, -0.25) is 0 Å². The average molecular weight is 256 g/mol. The molecule has 0 spiro atoms. The maximum Gasteiger partial charge on any atom is 0.201 e. The van der Waals surface area contributed by atoms with Crippen LogP contribution in [-0.4, -0.2) is 24.3 Å². The zero-order valence-electron chi connectivity index (χ0n) is 11.0. The topological polar surface area (TPSA) is 74.5 Å². The number of hydrogen-bond donors (Lipinski definition) is 1. The summed E-state index contributed by atoms with van der Waals surface area (Å²) in [5, 5.41) is 8.09. The van der Waals surface area contributed by atoms with Crippen molar-refractivity contribution in [3.05, 3.63) is 35.9 Å². The van der Waals surface area contributed by atoms with Crippen LogP contribution in [0.1, 0.15) is 18.3 Å². The van der Waals surface area contributed by atoms with Gasteiger partial charge in [-0.15, -0.1) is 10.2 Å². The summed E-state index contributed by atoms with van der Waals surface area (Å²) in [7, 11) is 0. The third kappa shape index (κ3) is 1.85. The van der Waals surface area contributed by atoms with Crippen LogP contribution in [0, 0.1) is 6.92 Å². The summed E-state index contributed by atoms with van der Waals surface area (Å²) in [4.78, 5) is 4.39. The number of nitrogens with zero attached hydrogens (tertiary/aromatic N) is 5. The molecule has 0 amide bonds. The first-order chi connectivity index (χ1) is 9.20. The van der Waals surface area contributed by atoms with Crippen molar-refractivity contribution in [2.75, 3.05) is 5.73 Å². The predicted octanol–water partition coefficient (Wildman–Crippen LogP) is 1.59. The Morgan fingerprint density at radius 2 is 2.16 bits per heavy atom. The first kappa shape index (κ1) is 11.7. The zero-order chi connectivity index (χ0) is 13.4. The summed E-state index contributed by atoms with van der Waals surface area (Å²) in [6.45, 7) is 5.55. The maximum absolute atomic E-state index is 6.02. The van der Waals surface area contributed by atoms with E-state index in [1.165, 1.54) is 0 Å². The molecule has 2 N–H and O–H groups in total. The highest BCUT2D eigenvalue weighted by Crippen LogP contribution is 2.22. The van der Waals surface area contributed by atoms with Gasteiger partial charge < -0.3 is 14.9 Å². The molecular weight excluding hydrogens is 240 g/mol. The number of nitrogens with two attached hydrogens (primary N) is 1. The van der Waals surface area contributed by atoms with Crippen LogP contribution < -0.4 is 5.73 Å². The Morgan fingerprint density at radius 1 is 1.32 bits per heavy atom. The molecule has 0 saturated carbocycles. The van der Waals surface area contributed by atoms with E-state index in [2.05, 4.69) is 35.1 Å². The van der Waals surface area contributed by atoms with Gasteiger partial charge in [-0.25, -0.2) is 4.98 Å². The molecule has 6 heteroatoms. The monoisotopic (exact) mass is 256 g/mol. The summed E-state index contributed by atoms with van der Waals surface area (Å²) in [5.41, 5.74) is 9.16. The Kier molecular flexibility index (Phi) is 2.70. The lowest BCUT2D eigenvalue weighted by atomic mass is 10.2. The molecule has 0 radical (unpaired) electrons. The van der Waals surface area contributed by atoms with Crippen molar-refractivity contribution in [1.82, 2.24) is 24.3 Å². The molecule has 0 atom stereocenters. The van der Waals surface area contributed by atoms with Crippen LogP contribution >= 0.6 is 0 Å². The largest absolute Gasteiger partial charge is 0.369 e. The van der Waals surface area contributed by atoms with Crippen LogP contribution in [0.4, 0.5) is 5.95 Å². The second-order valence-corrected chi connectivity index (χ2v) is 4.53. The summed E-state index contributed by atoms with van der Waals surface area (Å²) in [6, 6.07) is 6.02. The van der Waals surface area contributed by atoms with E-state index in [-0.39, 0.29) is 0 Å². The molecule has 98 valence electrons. The Hall–Kier alpha value is -2.37. The van der Waals surface area contributed by atoms with Gasteiger partial charge in [0.1, 0.15) is 6.33 Å². The molecule has 1 aromatic carbocycles. The smallest absolute Gasteiger partial charge is 0.201 e. The van der Waals surface area contributed by atoms with E-state index in [9.17, 15) is 0 Å². The number of nitrogen functional groups attached to an aromatic ring is 1. The van der Waals surface area contributed by atoms with E-state index in [0.717, 1.165) is 29.0 Å². The summed E-state index contributed by atoms with van der Waals surface area (Å²) in [5.74, 6) is 1.40. The van der Waals surface area contributed by atoms with E-state index < -0.39 is 0 Å². The van der Waals surface area contributed by atoms with Crippen molar-refractivity contribution in [3.8, 4) is 0 Å². The third-order valence-corrected chi connectivity index (χ3v) is 3.33. The van der Waals surface area contributed by atoms with E-state index in [1.54, 1.807) is 6.33 Å². The molecule has 3 aromatic rings. The van der Waals surface area contributed by atoms with E-state index in [4.69, 9.17) is 5.73 Å². The first-order valence-electron chi connectivity index (χ1n) is 6.28. The summed E-state index contributed by atoms with van der Waals surface area (Å²) >= 11 is 0. The van der Waals surface area contributed by atoms with Gasteiger partial charge in [-0.1, -0.05) is 12.1 Å². The molecule has 0 aliphatic rings. The van der Waals surface area contributed by atoms with Gasteiger partial charge in [0.2, 0.25) is 5.95 Å². The SMILES string of the molecule is CCn1cnnc1Cn1c(N)nc2cccc(C)c21. The lowest BCUT2D eigenvalue weighted by Gasteiger charge is -2.08. The minimum atomic E-state index is 0.509. The predicted molar refractivity (Wildman–Crippen MR) is 73.7 cm³/mol. The van der Waals surface area contributed by atoms with Gasteiger partial charge in [0.15, 0.2) is 5.82 Å². The number of fused-ring (bicyclic) bond motifs is 1. The van der Waals surface area contributed by atoms with Crippen molar-refractivity contribution >= 4 is 17.0 Å². The molecule has 0 fully saturated rings. The lowest BCUT2D eigenvalue weighted by Crippen LogP contribution is -2.10. The lowest BCUT2D eigenvalue weighted by molar-refractivity contribution is 0.662. The fraction of sp³-hybridized carbons (Fsp3) is 0.308. The number of hydrogen-bond acceptors (Lipinski definition) is 4. The fourth-order valence-electron chi connectivity index (χ4n) is 2.35. The summed E-state index contributed by atoms with van der Waals surface area (Å²) < 4.78 is 3.99. The molecule has 0 bridgehead atoms. The van der Waals surface area contributed by atoms with Crippen molar-refractivity contribution in [1.29, 1.82) is 0 Å². The van der Waals surface area contributed by atoms with Crippen molar-refractivity contribution < 1.29 is 0 Å². The van der Waals surface area contributed by atoms with E-state index in [1.807, 2.05) is 21.3 Å². The Bertz CT molecular complexity index is 724. The van der Waals surface area contributed by atoms with Crippen molar-refractivity contribution in [2.24, 2.45) is 0 Å². The Morgan fingerprint density at radius 3 is 2.95 bits per heavy atom. The Labute approximate surface area is 110 Å². The second-order valence-electron chi connectivity index (χ2n) is 4.53. The molecule has 19 heavy (non-hydrogen) atoms. The number of aromatic nitrogens is 5. The van der Waals surface area contributed by atoms with Crippen LogP contribution in [0.15, 0.2) is 24.5 Å². The first-order valence-corrected chi connectivity index (χ1v) is 6.28. The van der Waals surface area contributed by atoms with Gasteiger partial charge in [0.25, 0.3) is 0 Å². The van der Waals surface area contributed by atoms with Gasteiger partial charge >= 0.3 is 0 Å². The molecule has 2 heterocycles. The quantitative estimate of drug-likeness (QED) is 0.772. The van der Waals surface area contributed by atoms with Gasteiger partial charge in [-0.05, 0) is 25.5 Å². The minimum absolute atomic E-state index is 0.509. The number of aryl methyl sites for hydroxylation is 2. The van der Waals surface area contributed by atoms with Gasteiger partial charge in [-0.2, -0.15) is 0 Å². The molecule has 0 unspecified atom stereocenters. The normalized spacial score (nSPS) is 11.3.